The largest absolute Gasteiger partial charge is 0.478 e. The monoisotopic (exact) mass is 316 g/mol. The Hall–Kier alpha value is -1.64. The Bertz CT molecular complexity index is 559. The molecule has 0 saturated carbocycles. The molecule has 0 atom stereocenters. The van der Waals surface area contributed by atoms with Gasteiger partial charge in [-0.2, -0.15) is 26.3 Å². The van der Waals surface area contributed by atoms with Crippen molar-refractivity contribution in [3.8, 4) is 0 Å². The molecular weight excluding hydrogens is 310 g/mol. The first kappa shape index (κ1) is 16.4. The van der Waals surface area contributed by atoms with E-state index in [2.05, 4.69) is 12.6 Å². The van der Waals surface area contributed by atoms with Gasteiger partial charge in [0.1, 0.15) is 0 Å². The molecule has 0 aliphatic heterocycles. The molecule has 0 saturated heterocycles. The number of carboxylic acids is 1. The fourth-order valence-electron chi connectivity index (χ4n) is 1.50. The zero-order valence-corrected chi connectivity index (χ0v) is 10.3. The second-order valence-electron chi connectivity index (χ2n) is 3.59. The van der Waals surface area contributed by atoms with Gasteiger partial charge in [0.15, 0.2) is 0 Å². The highest BCUT2D eigenvalue weighted by atomic mass is 32.1. The molecule has 1 aromatic rings. The number of hydrogen-bond acceptors (Lipinski definition) is 2. The van der Waals surface area contributed by atoms with Crippen molar-refractivity contribution in [2.75, 3.05) is 0 Å². The van der Waals surface area contributed by atoms with Crippen molar-refractivity contribution in [2.45, 2.75) is 17.2 Å². The topological polar surface area (TPSA) is 37.3 Å². The van der Waals surface area contributed by atoms with Crippen molar-refractivity contribution in [1.82, 2.24) is 0 Å². The normalized spacial score (nSPS) is 12.9. The molecule has 0 fully saturated rings. The van der Waals surface area contributed by atoms with Crippen LogP contribution in [0.1, 0.15) is 16.7 Å². The molecular formula is C11H6F6O2S. The van der Waals surface area contributed by atoms with Gasteiger partial charge in [0.2, 0.25) is 0 Å². The molecule has 0 heterocycles. The summed E-state index contributed by atoms with van der Waals surface area (Å²) in [5.74, 6) is -1.58. The molecule has 0 aliphatic rings. The quantitative estimate of drug-likeness (QED) is 0.489. The molecule has 1 rings (SSSR count). The van der Waals surface area contributed by atoms with Crippen molar-refractivity contribution in [1.29, 1.82) is 0 Å². The lowest BCUT2D eigenvalue weighted by molar-refractivity contribution is -0.163. The van der Waals surface area contributed by atoms with Crippen molar-refractivity contribution in [3.63, 3.8) is 0 Å². The van der Waals surface area contributed by atoms with E-state index in [-0.39, 0.29) is 0 Å². The zero-order chi connectivity index (χ0) is 15.7. The predicted molar refractivity (Wildman–Crippen MR) is 60.4 cm³/mol. The maximum absolute atomic E-state index is 12.8. The van der Waals surface area contributed by atoms with E-state index in [1.165, 1.54) is 0 Å². The summed E-state index contributed by atoms with van der Waals surface area (Å²) in [6.45, 7) is 0. The van der Waals surface area contributed by atoms with Crippen LogP contribution in [0.3, 0.4) is 0 Å². The van der Waals surface area contributed by atoms with Crippen LogP contribution in [0, 0.1) is 0 Å². The van der Waals surface area contributed by atoms with E-state index < -0.39 is 39.9 Å². The van der Waals surface area contributed by atoms with Gasteiger partial charge in [-0.25, -0.2) is 4.79 Å². The fraction of sp³-hybridized carbons (Fsp3) is 0.182. The third kappa shape index (κ3) is 3.69. The summed E-state index contributed by atoms with van der Waals surface area (Å²) in [6, 6.07) is 1.45. The van der Waals surface area contributed by atoms with E-state index in [0.717, 1.165) is 12.1 Å². The van der Waals surface area contributed by atoms with Crippen LogP contribution in [0.5, 0.6) is 0 Å². The van der Waals surface area contributed by atoms with Crippen molar-refractivity contribution in [3.05, 3.63) is 34.9 Å². The average Bonchev–Trinajstić information content (AvgIpc) is 2.23. The molecule has 0 aliphatic carbocycles. The van der Waals surface area contributed by atoms with E-state index in [9.17, 15) is 31.1 Å². The molecule has 1 aromatic carbocycles. The summed E-state index contributed by atoms with van der Waals surface area (Å²) in [5, 5.41) is 8.35. The lowest BCUT2D eigenvalue weighted by atomic mass is 9.99. The fourth-order valence-corrected chi connectivity index (χ4v) is 1.81. The lowest BCUT2D eigenvalue weighted by Gasteiger charge is -2.19. The van der Waals surface area contributed by atoms with Crippen LogP contribution in [-0.4, -0.2) is 11.1 Å². The Morgan fingerprint density at radius 1 is 1.05 bits per heavy atom. The number of benzene rings is 1. The molecule has 0 bridgehead atoms. The van der Waals surface area contributed by atoms with Gasteiger partial charge < -0.3 is 5.11 Å². The molecule has 0 amide bonds. The number of alkyl halides is 6. The first-order valence-electron chi connectivity index (χ1n) is 4.86. The van der Waals surface area contributed by atoms with E-state index in [0.29, 0.717) is 12.2 Å². The van der Waals surface area contributed by atoms with Crippen molar-refractivity contribution in [2.24, 2.45) is 0 Å². The SMILES string of the molecule is O=C(O)C=Cc1ccc(S)c(C(F)(F)F)c1C(F)(F)F. The summed E-state index contributed by atoms with van der Waals surface area (Å²) >= 11 is 3.39. The van der Waals surface area contributed by atoms with Crippen LogP contribution >= 0.6 is 12.6 Å². The summed E-state index contributed by atoms with van der Waals surface area (Å²) < 4.78 is 76.7. The molecule has 0 aromatic heterocycles. The van der Waals surface area contributed by atoms with E-state index in [1.807, 2.05) is 0 Å². The summed E-state index contributed by atoms with van der Waals surface area (Å²) in [5.41, 5.74) is -4.80. The average molecular weight is 316 g/mol. The minimum absolute atomic E-state index is 0.322. The molecule has 1 N–H and O–H groups in total. The van der Waals surface area contributed by atoms with E-state index >= 15 is 0 Å². The first-order chi connectivity index (χ1) is 8.94. The van der Waals surface area contributed by atoms with Crippen LogP contribution in [0.2, 0.25) is 0 Å². The van der Waals surface area contributed by atoms with Crippen LogP contribution in [0.15, 0.2) is 23.1 Å². The number of hydrogen-bond donors (Lipinski definition) is 2. The van der Waals surface area contributed by atoms with Gasteiger partial charge in [0.05, 0.1) is 11.1 Å². The maximum Gasteiger partial charge on any atom is 0.418 e. The highest BCUT2D eigenvalue weighted by Gasteiger charge is 2.45. The second-order valence-corrected chi connectivity index (χ2v) is 4.07. The third-order valence-electron chi connectivity index (χ3n) is 2.19. The summed E-state index contributed by atoms with van der Waals surface area (Å²) in [7, 11) is 0. The summed E-state index contributed by atoms with van der Waals surface area (Å²) in [4.78, 5) is 9.39. The van der Waals surface area contributed by atoms with Crippen LogP contribution in [0.4, 0.5) is 26.3 Å². The molecule has 0 unspecified atom stereocenters. The molecule has 110 valence electrons. The van der Waals surface area contributed by atoms with Gasteiger partial charge >= 0.3 is 18.3 Å². The van der Waals surface area contributed by atoms with E-state index in [4.69, 9.17) is 5.11 Å². The number of carboxylic acid groups (broad SMARTS) is 1. The van der Waals surface area contributed by atoms with Crippen LogP contribution in [0.25, 0.3) is 6.08 Å². The lowest BCUT2D eigenvalue weighted by Crippen LogP contribution is -2.19. The maximum atomic E-state index is 12.8. The van der Waals surface area contributed by atoms with Crippen molar-refractivity contribution >= 4 is 24.7 Å². The van der Waals surface area contributed by atoms with Gasteiger partial charge in [0, 0.05) is 11.0 Å². The molecule has 0 radical (unpaired) electrons. The smallest absolute Gasteiger partial charge is 0.418 e. The Labute approximate surface area is 114 Å². The Morgan fingerprint density at radius 2 is 1.55 bits per heavy atom. The second kappa shape index (κ2) is 5.39. The molecule has 9 heteroatoms. The number of halogens is 6. The number of carbonyl (C=O) groups is 1. The Kier molecular flexibility index (Phi) is 4.42. The zero-order valence-electron chi connectivity index (χ0n) is 9.38. The third-order valence-corrected chi connectivity index (χ3v) is 2.56. The molecule has 2 nitrogen and oxygen atoms in total. The van der Waals surface area contributed by atoms with Gasteiger partial charge in [-0.3, -0.25) is 0 Å². The highest BCUT2D eigenvalue weighted by molar-refractivity contribution is 7.80. The molecule has 20 heavy (non-hydrogen) atoms. The van der Waals surface area contributed by atoms with E-state index in [1.54, 1.807) is 0 Å². The minimum atomic E-state index is -5.30. The van der Waals surface area contributed by atoms with Crippen molar-refractivity contribution < 1.29 is 36.2 Å². The van der Waals surface area contributed by atoms with Gasteiger partial charge in [-0.1, -0.05) is 6.07 Å². The van der Waals surface area contributed by atoms with Gasteiger partial charge in [0.25, 0.3) is 0 Å². The standard InChI is InChI=1S/C11H6F6O2S/c12-10(13,14)8-5(2-4-7(18)19)1-3-6(20)9(8)11(15,16)17/h1-4,20H,(H,18,19). The first-order valence-corrected chi connectivity index (χ1v) is 5.30. The van der Waals surface area contributed by atoms with Gasteiger partial charge in [-0.15, -0.1) is 12.6 Å². The number of aliphatic carboxylic acids is 1. The van der Waals surface area contributed by atoms with Crippen LogP contribution < -0.4 is 0 Å². The number of rotatable bonds is 2. The van der Waals surface area contributed by atoms with Gasteiger partial charge in [-0.05, 0) is 17.7 Å². The number of thiol groups is 1. The van der Waals surface area contributed by atoms with Crippen LogP contribution in [-0.2, 0) is 17.1 Å². The highest BCUT2D eigenvalue weighted by Crippen LogP contribution is 2.45. The Morgan fingerprint density at radius 3 is 1.95 bits per heavy atom. The molecule has 0 spiro atoms. The minimum Gasteiger partial charge on any atom is -0.478 e. The Balaban J connectivity index is 3.68. The summed E-state index contributed by atoms with van der Waals surface area (Å²) in [6.07, 6.45) is -9.80. The predicted octanol–water partition coefficient (Wildman–Crippen LogP) is 4.11.